The predicted molar refractivity (Wildman–Crippen MR) is 65.3 cm³/mol. The monoisotopic (exact) mass is 267 g/mol. The Bertz CT molecular complexity index is 292. The van der Waals surface area contributed by atoms with Crippen LogP contribution in [-0.4, -0.2) is 38.1 Å². The van der Waals surface area contributed by atoms with E-state index in [1.165, 1.54) is 14.2 Å². The van der Waals surface area contributed by atoms with Crippen LogP contribution in [0.3, 0.4) is 0 Å². The summed E-state index contributed by atoms with van der Waals surface area (Å²) in [5, 5.41) is 2.57. The maximum atomic E-state index is 11.8. The van der Waals surface area contributed by atoms with Crippen LogP contribution in [-0.2, 0) is 18.3 Å². The molecule has 102 valence electrons. The minimum absolute atomic E-state index is 0.0965. The third kappa shape index (κ3) is 7.36. The minimum atomic E-state index is -3.11. The summed E-state index contributed by atoms with van der Waals surface area (Å²) in [5.74, 6) is 0. The molecule has 0 rings (SSSR count). The van der Waals surface area contributed by atoms with Crippen LogP contribution >= 0.6 is 7.60 Å². The van der Waals surface area contributed by atoms with Gasteiger partial charge in [0.05, 0.1) is 6.16 Å². The second kappa shape index (κ2) is 6.38. The summed E-state index contributed by atoms with van der Waals surface area (Å²) < 4.78 is 26.4. The molecule has 0 aromatic heterocycles. The molecule has 0 unspecified atom stereocenters. The fourth-order valence-electron chi connectivity index (χ4n) is 1.11. The van der Waals surface area contributed by atoms with Crippen LogP contribution in [0.1, 0.15) is 27.7 Å². The fraction of sp³-hybridized carbons (Fsp3) is 0.900. The van der Waals surface area contributed by atoms with Crippen LogP contribution in [0.5, 0.6) is 0 Å². The van der Waals surface area contributed by atoms with Crippen molar-refractivity contribution in [1.29, 1.82) is 0 Å². The number of rotatable bonds is 5. The summed E-state index contributed by atoms with van der Waals surface area (Å²) in [4.78, 5) is 11.4. The van der Waals surface area contributed by atoms with E-state index in [2.05, 4.69) is 5.32 Å². The Kier molecular flexibility index (Phi) is 6.16. The largest absolute Gasteiger partial charge is 0.444 e. The predicted octanol–water partition coefficient (Wildman–Crippen LogP) is 2.39. The number of ether oxygens (including phenoxy) is 1. The molecule has 7 heteroatoms. The second-order valence-electron chi connectivity index (χ2n) is 4.71. The molecular formula is C10H22NO5P. The van der Waals surface area contributed by atoms with Gasteiger partial charge in [0.25, 0.3) is 0 Å². The second-order valence-corrected chi connectivity index (χ2v) is 7.02. The SMILES string of the molecule is COP(=O)(C[C@H](C)NC(=O)OC(C)(C)C)OC. The highest BCUT2D eigenvalue weighted by Crippen LogP contribution is 2.46. The molecule has 0 spiro atoms. The van der Waals surface area contributed by atoms with Gasteiger partial charge in [-0.25, -0.2) is 4.79 Å². The van der Waals surface area contributed by atoms with Crippen LogP contribution in [0.2, 0.25) is 0 Å². The van der Waals surface area contributed by atoms with E-state index in [1.54, 1.807) is 27.7 Å². The van der Waals surface area contributed by atoms with Crippen molar-refractivity contribution < 1.29 is 23.1 Å². The number of carbonyl (C=O) groups excluding carboxylic acids is 1. The van der Waals surface area contributed by atoms with Crippen molar-refractivity contribution in [1.82, 2.24) is 5.32 Å². The summed E-state index contributed by atoms with van der Waals surface area (Å²) >= 11 is 0. The smallest absolute Gasteiger partial charge is 0.407 e. The van der Waals surface area contributed by atoms with E-state index < -0.39 is 19.3 Å². The molecule has 0 fully saturated rings. The summed E-state index contributed by atoms with van der Waals surface area (Å²) in [5.41, 5.74) is -0.560. The summed E-state index contributed by atoms with van der Waals surface area (Å²) in [6.45, 7) is 7.01. The van der Waals surface area contributed by atoms with E-state index in [1.807, 2.05) is 0 Å². The topological polar surface area (TPSA) is 73.9 Å². The highest BCUT2D eigenvalue weighted by atomic mass is 31.2. The van der Waals surface area contributed by atoms with Gasteiger partial charge in [-0.05, 0) is 27.7 Å². The van der Waals surface area contributed by atoms with Crippen LogP contribution in [0.15, 0.2) is 0 Å². The van der Waals surface area contributed by atoms with Crippen LogP contribution in [0, 0.1) is 0 Å². The Balaban J connectivity index is 4.23. The van der Waals surface area contributed by atoms with Gasteiger partial charge < -0.3 is 19.1 Å². The highest BCUT2D eigenvalue weighted by molar-refractivity contribution is 7.53. The Labute approximate surface area is 103 Å². The van der Waals surface area contributed by atoms with Crippen molar-refractivity contribution in [2.45, 2.75) is 39.3 Å². The molecule has 0 saturated carbocycles. The first-order valence-electron chi connectivity index (χ1n) is 5.32. The summed E-state index contributed by atoms with van der Waals surface area (Å²) in [6.07, 6.45) is -0.456. The molecule has 17 heavy (non-hydrogen) atoms. The lowest BCUT2D eigenvalue weighted by molar-refractivity contribution is 0.0512. The quantitative estimate of drug-likeness (QED) is 0.774. The van der Waals surface area contributed by atoms with Gasteiger partial charge in [0.2, 0.25) is 0 Å². The zero-order valence-corrected chi connectivity index (χ0v) is 12.2. The molecule has 0 saturated heterocycles. The lowest BCUT2D eigenvalue weighted by Gasteiger charge is -2.23. The molecule has 0 bridgehead atoms. The number of carbonyl (C=O) groups is 1. The fourth-order valence-corrected chi connectivity index (χ4v) is 2.32. The third-order valence-corrected chi connectivity index (χ3v) is 3.92. The number of hydrogen-bond donors (Lipinski definition) is 1. The van der Waals surface area contributed by atoms with Crippen molar-refractivity contribution >= 4 is 13.7 Å². The molecule has 1 amide bonds. The maximum absolute atomic E-state index is 11.8. The number of amides is 1. The van der Waals surface area contributed by atoms with Crippen molar-refractivity contribution in [3.63, 3.8) is 0 Å². The Morgan fingerprint density at radius 1 is 1.29 bits per heavy atom. The Morgan fingerprint density at radius 3 is 2.12 bits per heavy atom. The van der Waals surface area contributed by atoms with Gasteiger partial charge in [-0.1, -0.05) is 0 Å². The zero-order chi connectivity index (χ0) is 13.7. The number of nitrogens with one attached hydrogen (secondary N) is 1. The molecular weight excluding hydrogens is 245 g/mol. The average molecular weight is 267 g/mol. The lowest BCUT2D eigenvalue weighted by Crippen LogP contribution is -2.39. The van der Waals surface area contributed by atoms with Gasteiger partial charge in [0, 0.05) is 20.3 Å². The lowest BCUT2D eigenvalue weighted by atomic mass is 10.2. The van der Waals surface area contributed by atoms with Crippen molar-refractivity contribution in [2.75, 3.05) is 20.4 Å². The Morgan fingerprint density at radius 2 is 1.76 bits per heavy atom. The molecule has 0 aromatic rings. The van der Waals surface area contributed by atoms with Gasteiger partial charge >= 0.3 is 13.7 Å². The summed E-state index contributed by atoms with van der Waals surface area (Å²) in [7, 11) is -0.495. The van der Waals surface area contributed by atoms with Crippen molar-refractivity contribution in [3.05, 3.63) is 0 Å². The number of hydrogen-bond acceptors (Lipinski definition) is 5. The standard InChI is InChI=1S/C10H22NO5P/c1-8(7-17(13,14-5)15-6)11-9(12)16-10(2,3)4/h8H,7H2,1-6H3,(H,11,12)/t8-/m0/s1. The molecule has 0 aliphatic heterocycles. The maximum Gasteiger partial charge on any atom is 0.407 e. The first kappa shape index (κ1) is 16.4. The minimum Gasteiger partial charge on any atom is -0.444 e. The average Bonchev–Trinajstić information content (AvgIpc) is 2.14. The van der Waals surface area contributed by atoms with E-state index in [4.69, 9.17) is 13.8 Å². The van der Waals surface area contributed by atoms with Crippen molar-refractivity contribution in [2.24, 2.45) is 0 Å². The van der Waals surface area contributed by atoms with E-state index >= 15 is 0 Å². The normalized spacial score (nSPS) is 14.2. The molecule has 6 nitrogen and oxygen atoms in total. The van der Waals surface area contributed by atoms with Gasteiger partial charge in [-0.2, -0.15) is 0 Å². The molecule has 0 aromatic carbocycles. The molecule has 1 atom stereocenters. The summed E-state index contributed by atoms with van der Waals surface area (Å²) in [6, 6.07) is -0.365. The molecule has 0 aliphatic carbocycles. The van der Waals surface area contributed by atoms with Crippen LogP contribution in [0.25, 0.3) is 0 Å². The highest BCUT2D eigenvalue weighted by Gasteiger charge is 2.26. The van der Waals surface area contributed by atoms with Gasteiger partial charge in [0.1, 0.15) is 5.60 Å². The van der Waals surface area contributed by atoms with Gasteiger partial charge in [-0.3, -0.25) is 4.57 Å². The first-order chi connectivity index (χ1) is 7.62. The first-order valence-corrected chi connectivity index (χ1v) is 7.04. The molecule has 0 heterocycles. The molecule has 0 radical (unpaired) electrons. The Hall–Kier alpha value is -0.580. The van der Waals surface area contributed by atoms with E-state index in [-0.39, 0.29) is 12.2 Å². The van der Waals surface area contributed by atoms with E-state index in [9.17, 15) is 9.36 Å². The molecule has 0 aliphatic rings. The third-order valence-electron chi connectivity index (χ3n) is 1.82. The molecule has 1 N–H and O–H groups in total. The zero-order valence-electron chi connectivity index (χ0n) is 11.3. The van der Waals surface area contributed by atoms with E-state index in [0.717, 1.165) is 0 Å². The van der Waals surface area contributed by atoms with Crippen molar-refractivity contribution in [3.8, 4) is 0 Å². The number of alkyl carbamates (subject to hydrolysis) is 1. The van der Waals surface area contributed by atoms with Gasteiger partial charge in [0.15, 0.2) is 0 Å². The van der Waals surface area contributed by atoms with Crippen LogP contribution < -0.4 is 5.32 Å². The van der Waals surface area contributed by atoms with E-state index in [0.29, 0.717) is 0 Å². The van der Waals surface area contributed by atoms with Crippen LogP contribution in [0.4, 0.5) is 4.79 Å². The van der Waals surface area contributed by atoms with Gasteiger partial charge in [-0.15, -0.1) is 0 Å².